The summed E-state index contributed by atoms with van der Waals surface area (Å²) in [4.78, 5) is 10.6. The average molecular weight is 810 g/mol. The summed E-state index contributed by atoms with van der Waals surface area (Å²) in [5, 5.41) is 15.9. The van der Waals surface area contributed by atoms with E-state index in [1.165, 1.54) is 58.1 Å². The molecule has 5 heteroatoms. The van der Waals surface area contributed by atoms with E-state index in [1.807, 2.05) is 17.4 Å². The zero-order valence-electron chi connectivity index (χ0n) is 33.3. The lowest BCUT2D eigenvalue weighted by atomic mass is 9.92. The monoisotopic (exact) mass is 809 g/mol. The van der Waals surface area contributed by atoms with Gasteiger partial charge in [0.25, 0.3) is 0 Å². The first-order valence-corrected chi connectivity index (χ1v) is 21.8. The topological polar surface area (TPSA) is 49.9 Å². The number of nitrogens with zero attached hydrogens (tertiary/aromatic N) is 2. The van der Waals surface area contributed by atoms with Crippen LogP contribution in [0.2, 0.25) is 0 Å². The molecule has 1 aliphatic rings. The third-order valence-electron chi connectivity index (χ3n) is 12.5. The molecule has 12 aromatic rings. The van der Waals surface area contributed by atoms with Gasteiger partial charge in [-0.15, -0.1) is 11.3 Å². The largest absolute Gasteiger partial charge is 0.456 e. The Labute approximate surface area is 360 Å². The molecule has 0 saturated heterocycles. The predicted molar refractivity (Wildman–Crippen MR) is 262 cm³/mol. The molecular weight excluding hydrogens is 775 g/mol. The third-order valence-corrected chi connectivity index (χ3v) is 13.7. The molecule has 0 fully saturated rings. The van der Waals surface area contributed by atoms with Crippen LogP contribution in [0.1, 0.15) is 22.9 Å². The van der Waals surface area contributed by atoms with Crippen molar-refractivity contribution in [2.24, 2.45) is 9.98 Å². The van der Waals surface area contributed by atoms with Gasteiger partial charge in [-0.3, -0.25) is 0 Å². The first-order chi connectivity index (χ1) is 30.7. The van der Waals surface area contributed by atoms with E-state index in [0.717, 1.165) is 61.2 Å². The number of hydrogen-bond donors (Lipinski definition) is 1. The third kappa shape index (κ3) is 5.52. The minimum atomic E-state index is -0.339. The second-order valence-electron chi connectivity index (χ2n) is 16.1. The molecule has 0 aliphatic carbocycles. The van der Waals surface area contributed by atoms with Gasteiger partial charge in [0.05, 0.1) is 0 Å². The standard InChI is InChI=1S/C57H35N3OS/c1-2-13-35(14-3-1)55-58-56(60-57(59-55)47-22-11-25-52-54(47)46-18-6-7-24-51(46)62-52)38-16-8-15-36(32-38)41-20-10-23-50-53(41)48-33-37(27-31-49(48)61-50)40-19-9-21-42-44(40)30-29-43-39-17-5-4-12-34(39)26-28-45(42)43/h1-33,57H,(H,58,59,60). The van der Waals surface area contributed by atoms with Crippen molar-refractivity contribution in [3.05, 3.63) is 217 Å². The Morgan fingerprint density at radius 3 is 2.05 bits per heavy atom. The summed E-state index contributed by atoms with van der Waals surface area (Å²) in [5.74, 6) is 1.49. The summed E-state index contributed by atoms with van der Waals surface area (Å²) in [7, 11) is 0. The van der Waals surface area contributed by atoms with Crippen LogP contribution in [0, 0.1) is 0 Å². The lowest BCUT2D eigenvalue weighted by Gasteiger charge is -2.24. The maximum Gasteiger partial charge on any atom is 0.159 e. The number of fused-ring (bicyclic) bond motifs is 11. The quantitative estimate of drug-likeness (QED) is 0.176. The SMILES string of the molecule is c1ccc(C2=NC(c3cccc(-c4cccc5oc6ccc(-c7cccc8c7ccc7c9ccccc9ccc87)cc6c45)c3)=NC(c3cccc4sc5ccccc5c34)N2)cc1. The molecule has 0 radical (unpaired) electrons. The highest BCUT2D eigenvalue weighted by atomic mass is 32.1. The van der Waals surface area contributed by atoms with Crippen molar-refractivity contribution in [1.29, 1.82) is 0 Å². The van der Waals surface area contributed by atoms with Gasteiger partial charge in [0.2, 0.25) is 0 Å². The van der Waals surface area contributed by atoms with Crippen LogP contribution in [-0.2, 0) is 0 Å². The summed E-state index contributed by atoms with van der Waals surface area (Å²) in [6.07, 6.45) is -0.339. The molecule has 0 amide bonds. The highest BCUT2D eigenvalue weighted by Crippen LogP contribution is 2.42. The fraction of sp³-hybridized carbons (Fsp3) is 0.0175. The van der Waals surface area contributed by atoms with E-state index in [2.05, 4.69) is 199 Å². The van der Waals surface area contributed by atoms with Crippen LogP contribution in [0.25, 0.3) is 96.7 Å². The van der Waals surface area contributed by atoms with E-state index in [1.54, 1.807) is 0 Å². The highest BCUT2D eigenvalue weighted by molar-refractivity contribution is 7.25. The van der Waals surface area contributed by atoms with Gasteiger partial charge in [0.15, 0.2) is 5.84 Å². The number of furan rings is 1. The molecule has 1 atom stereocenters. The Morgan fingerprint density at radius 1 is 0.419 bits per heavy atom. The number of aliphatic imine (C=N–C) groups is 2. The summed E-state index contributed by atoms with van der Waals surface area (Å²) in [5.41, 5.74) is 9.35. The van der Waals surface area contributed by atoms with Crippen LogP contribution in [0.15, 0.2) is 215 Å². The molecule has 290 valence electrons. The number of nitrogens with one attached hydrogen (secondary N) is 1. The molecule has 4 nitrogen and oxygen atoms in total. The summed E-state index contributed by atoms with van der Waals surface area (Å²) >= 11 is 1.82. The lowest BCUT2D eigenvalue weighted by Crippen LogP contribution is -2.33. The number of thiophene rings is 1. The molecule has 13 rings (SSSR count). The van der Waals surface area contributed by atoms with Gasteiger partial charge in [0.1, 0.15) is 23.2 Å². The molecule has 3 heterocycles. The normalized spacial score (nSPS) is 14.3. The van der Waals surface area contributed by atoms with Crippen molar-refractivity contribution in [3.8, 4) is 22.3 Å². The molecule has 0 bridgehead atoms. The van der Waals surface area contributed by atoms with E-state index >= 15 is 0 Å². The first kappa shape index (κ1) is 34.9. The van der Waals surface area contributed by atoms with Gasteiger partial charge in [-0.1, -0.05) is 164 Å². The number of amidine groups is 2. The fourth-order valence-corrected chi connectivity index (χ4v) is 10.8. The minimum absolute atomic E-state index is 0.339. The van der Waals surface area contributed by atoms with Gasteiger partial charge < -0.3 is 9.73 Å². The van der Waals surface area contributed by atoms with Crippen LogP contribution in [0.5, 0.6) is 0 Å². The molecular formula is C57H35N3OS. The molecule has 0 saturated carbocycles. The highest BCUT2D eigenvalue weighted by Gasteiger charge is 2.24. The molecule has 2 aromatic heterocycles. The zero-order chi connectivity index (χ0) is 40.7. The summed E-state index contributed by atoms with van der Waals surface area (Å²) < 4.78 is 9.09. The molecule has 1 unspecified atom stereocenters. The smallest absolute Gasteiger partial charge is 0.159 e. The van der Waals surface area contributed by atoms with E-state index in [9.17, 15) is 0 Å². The summed E-state index contributed by atoms with van der Waals surface area (Å²) in [6, 6.07) is 71.6. The van der Waals surface area contributed by atoms with E-state index in [-0.39, 0.29) is 6.17 Å². The number of rotatable bonds is 5. The van der Waals surface area contributed by atoms with Crippen molar-refractivity contribution in [2.45, 2.75) is 6.17 Å². The van der Waals surface area contributed by atoms with Gasteiger partial charge in [-0.05, 0) is 91.0 Å². The Kier molecular flexibility index (Phi) is 7.81. The fourth-order valence-electron chi connectivity index (χ4n) is 9.68. The summed E-state index contributed by atoms with van der Waals surface area (Å²) in [6.45, 7) is 0. The maximum atomic E-state index is 6.57. The van der Waals surface area contributed by atoms with E-state index in [0.29, 0.717) is 5.84 Å². The zero-order valence-corrected chi connectivity index (χ0v) is 34.2. The molecule has 0 spiro atoms. The van der Waals surface area contributed by atoms with Crippen molar-refractivity contribution >= 4 is 97.4 Å². The van der Waals surface area contributed by atoms with Gasteiger partial charge in [-0.2, -0.15) is 0 Å². The molecule has 1 aliphatic heterocycles. The van der Waals surface area contributed by atoms with E-state index < -0.39 is 0 Å². The Morgan fingerprint density at radius 2 is 1.10 bits per heavy atom. The number of benzene rings is 10. The average Bonchev–Trinajstić information content (AvgIpc) is 3.92. The second kappa shape index (κ2) is 13.8. The van der Waals surface area contributed by atoms with Gasteiger partial charge >= 0.3 is 0 Å². The van der Waals surface area contributed by atoms with Crippen LogP contribution < -0.4 is 5.32 Å². The molecule has 1 N–H and O–H groups in total. The second-order valence-corrected chi connectivity index (χ2v) is 17.1. The van der Waals surface area contributed by atoms with Crippen molar-refractivity contribution < 1.29 is 4.42 Å². The van der Waals surface area contributed by atoms with Crippen molar-refractivity contribution in [1.82, 2.24) is 5.32 Å². The van der Waals surface area contributed by atoms with Crippen LogP contribution in [0.4, 0.5) is 0 Å². The Balaban J connectivity index is 0.945. The maximum absolute atomic E-state index is 6.57. The number of hydrogen-bond acceptors (Lipinski definition) is 5. The predicted octanol–water partition coefficient (Wildman–Crippen LogP) is 15.2. The first-order valence-electron chi connectivity index (χ1n) is 21.0. The van der Waals surface area contributed by atoms with Crippen LogP contribution in [-0.4, -0.2) is 11.7 Å². The molecule has 62 heavy (non-hydrogen) atoms. The lowest BCUT2D eigenvalue weighted by molar-refractivity contribution is 0.669. The van der Waals surface area contributed by atoms with E-state index in [4.69, 9.17) is 14.4 Å². The van der Waals surface area contributed by atoms with Gasteiger partial charge in [0, 0.05) is 47.6 Å². The van der Waals surface area contributed by atoms with Crippen molar-refractivity contribution in [3.63, 3.8) is 0 Å². The van der Waals surface area contributed by atoms with Crippen LogP contribution >= 0.6 is 11.3 Å². The Bertz CT molecular complexity index is 3860. The van der Waals surface area contributed by atoms with Gasteiger partial charge in [-0.25, -0.2) is 9.98 Å². The molecule has 10 aromatic carbocycles. The van der Waals surface area contributed by atoms with Crippen molar-refractivity contribution in [2.75, 3.05) is 0 Å². The Hall–Kier alpha value is -7.86. The van der Waals surface area contributed by atoms with Crippen LogP contribution in [0.3, 0.4) is 0 Å². The minimum Gasteiger partial charge on any atom is -0.456 e.